The van der Waals surface area contributed by atoms with E-state index < -0.39 is 11.9 Å². The Morgan fingerprint density at radius 2 is 1.50 bits per heavy atom. The van der Waals surface area contributed by atoms with Crippen LogP contribution in [0.4, 0.5) is 0 Å². The lowest BCUT2D eigenvalue weighted by molar-refractivity contribution is -0.146. The molecule has 0 aliphatic heterocycles. The van der Waals surface area contributed by atoms with E-state index in [1.165, 1.54) is 19.3 Å². The Bertz CT molecular complexity index is 271. The van der Waals surface area contributed by atoms with Crippen LogP contribution in [0.25, 0.3) is 0 Å². The van der Waals surface area contributed by atoms with Crippen molar-refractivity contribution in [3.63, 3.8) is 0 Å². The number of ketones is 1. The van der Waals surface area contributed by atoms with Crippen LogP contribution in [-0.2, 0) is 9.59 Å². The third kappa shape index (κ3) is 9.99. The van der Waals surface area contributed by atoms with Gasteiger partial charge in [-0.05, 0) is 18.8 Å². The number of rotatable bonds is 13. The summed E-state index contributed by atoms with van der Waals surface area (Å²) < 4.78 is 0. The highest BCUT2D eigenvalue weighted by Crippen LogP contribution is 2.17. The van der Waals surface area contributed by atoms with Crippen molar-refractivity contribution in [2.45, 2.75) is 85.0 Å². The smallest absolute Gasteiger partial charge is 0.314 e. The zero-order valence-corrected chi connectivity index (χ0v) is 13.5. The van der Waals surface area contributed by atoms with Crippen LogP contribution in [0, 0.1) is 11.8 Å². The van der Waals surface area contributed by atoms with Crippen molar-refractivity contribution in [2.75, 3.05) is 0 Å². The predicted molar refractivity (Wildman–Crippen MR) is 82.8 cm³/mol. The summed E-state index contributed by atoms with van der Waals surface area (Å²) in [6, 6.07) is 0. The maximum atomic E-state index is 12.0. The van der Waals surface area contributed by atoms with Crippen LogP contribution < -0.4 is 0 Å². The molecular formula is C17H32O3. The van der Waals surface area contributed by atoms with E-state index in [1.807, 2.05) is 0 Å². The van der Waals surface area contributed by atoms with Gasteiger partial charge in [0, 0.05) is 6.42 Å². The first-order valence-corrected chi connectivity index (χ1v) is 8.24. The maximum Gasteiger partial charge on any atom is 0.314 e. The number of hydrogen-bond donors (Lipinski definition) is 1. The largest absolute Gasteiger partial charge is 0.481 e. The van der Waals surface area contributed by atoms with Gasteiger partial charge in [-0.2, -0.15) is 0 Å². The van der Waals surface area contributed by atoms with E-state index in [1.54, 1.807) is 0 Å². The molecule has 0 radical (unpaired) electrons. The van der Waals surface area contributed by atoms with Gasteiger partial charge in [-0.15, -0.1) is 0 Å². The lowest BCUT2D eigenvalue weighted by Crippen LogP contribution is -2.23. The van der Waals surface area contributed by atoms with E-state index in [9.17, 15) is 14.7 Å². The summed E-state index contributed by atoms with van der Waals surface area (Å²) in [6.45, 7) is 6.42. The molecule has 0 spiro atoms. The van der Waals surface area contributed by atoms with Crippen LogP contribution in [0.5, 0.6) is 0 Å². The molecule has 0 saturated carbocycles. The van der Waals surface area contributed by atoms with E-state index in [4.69, 9.17) is 0 Å². The fraction of sp³-hybridized carbons (Fsp3) is 0.882. The van der Waals surface area contributed by atoms with E-state index in [-0.39, 0.29) is 5.78 Å². The van der Waals surface area contributed by atoms with Crippen LogP contribution in [0.1, 0.15) is 85.0 Å². The number of carboxylic acids is 1. The van der Waals surface area contributed by atoms with Gasteiger partial charge in [-0.3, -0.25) is 9.59 Å². The standard InChI is InChI=1S/C17H32O3/c1-4-5-6-7-8-9-12-15(17(19)20)16(18)13-10-11-14(2)3/h14-15H,4-13H2,1-3H3,(H,19,20). The average molecular weight is 284 g/mol. The first kappa shape index (κ1) is 19.1. The Morgan fingerprint density at radius 1 is 0.900 bits per heavy atom. The monoisotopic (exact) mass is 284 g/mol. The third-order valence-corrected chi connectivity index (χ3v) is 3.74. The molecule has 118 valence electrons. The number of hydrogen-bond acceptors (Lipinski definition) is 2. The molecule has 0 fully saturated rings. The molecule has 0 aromatic carbocycles. The summed E-state index contributed by atoms with van der Waals surface area (Å²) in [5.41, 5.74) is 0. The predicted octanol–water partition coefficient (Wildman–Crippen LogP) is 4.83. The summed E-state index contributed by atoms with van der Waals surface area (Å²) in [6.07, 6.45) is 9.49. The summed E-state index contributed by atoms with van der Waals surface area (Å²) in [5.74, 6) is -1.21. The Kier molecular flexibility index (Phi) is 11.4. The Labute approximate surface area is 124 Å². The van der Waals surface area contributed by atoms with Crippen molar-refractivity contribution in [1.82, 2.24) is 0 Å². The molecule has 1 atom stereocenters. The minimum absolute atomic E-state index is 0.0771. The number of carbonyl (C=O) groups is 2. The van der Waals surface area contributed by atoms with Gasteiger partial charge in [0.25, 0.3) is 0 Å². The van der Waals surface area contributed by atoms with Gasteiger partial charge >= 0.3 is 5.97 Å². The molecule has 0 bridgehead atoms. The summed E-state index contributed by atoms with van der Waals surface area (Å²) in [5, 5.41) is 9.17. The maximum absolute atomic E-state index is 12.0. The first-order chi connectivity index (χ1) is 9.49. The van der Waals surface area contributed by atoms with E-state index in [0.29, 0.717) is 18.8 Å². The van der Waals surface area contributed by atoms with Crippen molar-refractivity contribution in [1.29, 1.82) is 0 Å². The molecule has 0 aromatic heterocycles. The van der Waals surface area contributed by atoms with E-state index >= 15 is 0 Å². The van der Waals surface area contributed by atoms with Crippen molar-refractivity contribution < 1.29 is 14.7 Å². The van der Waals surface area contributed by atoms with E-state index in [2.05, 4.69) is 20.8 Å². The molecule has 3 heteroatoms. The molecule has 0 aliphatic carbocycles. The second-order valence-corrected chi connectivity index (χ2v) is 6.20. The van der Waals surface area contributed by atoms with Gasteiger partial charge in [0.2, 0.25) is 0 Å². The van der Waals surface area contributed by atoms with Crippen LogP contribution in [-0.4, -0.2) is 16.9 Å². The molecule has 0 aliphatic rings. The number of aliphatic carboxylic acids is 1. The number of Topliss-reactive ketones (excluding diaryl/α,β-unsaturated/α-hetero) is 1. The molecule has 20 heavy (non-hydrogen) atoms. The van der Waals surface area contributed by atoms with Gasteiger partial charge in [-0.25, -0.2) is 0 Å². The van der Waals surface area contributed by atoms with Gasteiger partial charge in [-0.1, -0.05) is 65.7 Å². The Hall–Kier alpha value is -0.860. The van der Waals surface area contributed by atoms with Crippen molar-refractivity contribution in [3.8, 4) is 0 Å². The molecule has 0 saturated heterocycles. The highest BCUT2D eigenvalue weighted by Gasteiger charge is 2.24. The van der Waals surface area contributed by atoms with Crippen LogP contribution in [0.3, 0.4) is 0 Å². The van der Waals surface area contributed by atoms with Crippen molar-refractivity contribution in [2.24, 2.45) is 11.8 Å². The zero-order valence-electron chi connectivity index (χ0n) is 13.5. The molecule has 0 heterocycles. The van der Waals surface area contributed by atoms with Gasteiger partial charge < -0.3 is 5.11 Å². The molecule has 0 amide bonds. The molecule has 0 aromatic rings. The van der Waals surface area contributed by atoms with Gasteiger partial charge in [0.15, 0.2) is 0 Å². The van der Waals surface area contributed by atoms with Crippen LogP contribution in [0.15, 0.2) is 0 Å². The minimum atomic E-state index is -0.937. The first-order valence-electron chi connectivity index (χ1n) is 8.24. The molecule has 1 N–H and O–H groups in total. The summed E-state index contributed by atoms with van der Waals surface area (Å²) >= 11 is 0. The lowest BCUT2D eigenvalue weighted by Gasteiger charge is -2.11. The fourth-order valence-electron chi connectivity index (χ4n) is 2.41. The second kappa shape index (κ2) is 11.9. The molecular weight excluding hydrogens is 252 g/mol. The quantitative estimate of drug-likeness (QED) is 0.389. The summed E-state index contributed by atoms with van der Waals surface area (Å²) in [4.78, 5) is 23.1. The van der Waals surface area contributed by atoms with Crippen molar-refractivity contribution in [3.05, 3.63) is 0 Å². The van der Waals surface area contributed by atoms with Crippen LogP contribution >= 0.6 is 0 Å². The normalized spacial score (nSPS) is 12.6. The fourth-order valence-corrected chi connectivity index (χ4v) is 2.41. The van der Waals surface area contributed by atoms with Gasteiger partial charge in [0.1, 0.15) is 11.7 Å². The second-order valence-electron chi connectivity index (χ2n) is 6.20. The Balaban J connectivity index is 3.91. The number of carboxylic acid groups (broad SMARTS) is 1. The minimum Gasteiger partial charge on any atom is -0.481 e. The summed E-state index contributed by atoms with van der Waals surface area (Å²) in [7, 11) is 0. The zero-order chi connectivity index (χ0) is 15.4. The molecule has 1 unspecified atom stereocenters. The topological polar surface area (TPSA) is 54.4 Å². The molecule has 0 rings (SSSR count). The molecule has 3 nitrogen and oxygen atoms in total. The Morgan fingerprint density at radius 3 is 2.05 bits per heavy atom. The third-order valence-electron chi connectivity index (χ3n) is 3.74. The van der Waals surface area contributed by atoms with Gasteiger partial charge in [0.05, 0.1) is 0 Å². The SMILES string of the molecule is CCCCCCCCC(C(=O)O)C(=O)CCCC(C)C. The number of unbranched alkanes of at least 4 members (excludes halogenated alkanes) is 5. The highest BCUT2D eigenvalue weighted by atomic mass is 16.4. The van der Waals surface area contributed by atoms with Crippen molar-refractivity contribution >= 4 is 11.8 Å². The average Bonchev–Trinajstić information content (AvgIpc) is 2.36. The lowest BCUT2D eigenvalue weighted by atomic mass is 9.92. The highest BCUT2D eigenvalue weighted by molar-refractivity contribution is 5.98. The van der Waals surface area contributed by atoms with E-state index in [0.717, 1.165) is 32.1 Å². The number of carbonyl (C=O) groups excluding carboxylic acids is 1. The van der Waals surface area contributed by atoms with Crippen LogP contribution in [0.2, 0.25) is 0 Å².